The molecule has 2 unspecified atom stereocenters. The summed E-state index contributed by atoms with van der Waals surface area (Å²) < 4.78 is 1.07. The molecule has 2 atom stereocenters. The third-order valence-electron chi connectivity index (χ3n) is 3.02. The first-order chi connectivity index (χ1) is 6.63. The van der Waals surface area contributed by atoms with Gasteiger partial charge in [-0.2, -0.15) is 0 Å². The number of rotatable bonds is 1. The molecule has 0 aliphatic carbocycles. The normalized spacial score (nSPS) is 32.1. The molecule has 0 aromatic heterocycles. The largest absolute Gasteiger partial charge is 0.391 e. The van der Waals surface area contributed by atoms with Gasteiger partial charge >= 0.3 is 0 Å². The van der Waals surface area contributed by atoms with Gasteiger partial charge in [-0.05, 0) is 37.6 Å². The lowest BCUT2D eigenvalue weighted by Gasteiger charge is -2.29. The molecule has 0 spiro atoms. The van der Waals surface area contributed by atoms with Crippen LogP contribution in [0.1, 0.15) is 18.9 Å². The molecule has 2 rings (SSSR count). The van der Waals surface area contributed by atoms with E-state index in [2.05, 4.69) is 21.2 Å². The summed E-state index contributed by atoms with van der Waals surface area (Å²) in [4.78, 5) is 0. The molecule has 0 amide bonds. The number of nitrogens with one attached hydrogen (secondary N) is 1. The molecule has 1 aliphatic heterocycles. The van der Waals surface area contributed by atoms with Gasteiger partial charge in [0.2, 0.25) is 0 Å². The number of hydrogen-bond acceptors (Lipinski definition) is 2. The fourth-order valence-corrected chi connectivity index (χ4v) is 2.23. The maximum Gasteiger partial charge on any atom is 0.0772 e. The quantitative estimate of drug-likeness (QED) is 0.805. The first kappa shape index (κ1) is 10.1. The maximum absolute atomic E-state index is 9.90. The Labute approximate surface area is 92.5 Å². The Morgan fingerprint density at radius 1 is 1.43 bits per heavy atom. The summed E-state index contributed by atoms with van der Waals surface area (Å²) >= 11 is 3.40. The fourth-order valence-electron chi connectivity index (χ4n) is 1.97. The zero-order chi connectivity index (χ0) is 10.2. The summed E-state index contributed by atoms with van der Waals surface area (Å²) in [7, 11) is 0. The van der Waals surface area contributed by atoms with E-state index >= 15 is 0 Å². The van der Waals surface area contributed by atoms with Crippen LogP contribution in [0, 0.1) is 0 Å². The lowest BCUT2D eigenvalue weighted by Crippen LogP contribution is -2.41. The fraction of sp³-hybridized carbons (Fsp3) is 0.455. The van der Waals surface area contributed by atoms with Crippen molar-refractivity contribution in [2.24, 2.45) is 0 Å². The van der Waals surface area contributed by atoms with Gasteiger partial charge in [0.05, 0.1) is 11.6 Å². The molecule has 14 heavy (non-hydrogen) atoms. The van der Waals surface area contributed by atoms with Gasteiger partial charge in [-0.25, -0.2) is 0 Å². The Bertz CT molecular complexity index is 325. The predicted octanol–water partition coefficient (Wildman–Crippen LogP) is 2.02. The molecule has 0 saturated carbocycles. The average molecular weight is 256 g/mol. The highest BCUT2D eigenvalue weighted by Gasteiger charge is 2.38. The third kappa shape index (κ3) is 1.60. The van der Waals surface area contributed by atoms with Crippen LogP contribution < -0.4 is 5.32 Å². The highest BCUT2D eigenvalue weighted by molar-refractivity contribution is 9.10. The number of aliphatic hydroxyl groups is 1. The first-order valence-corrected chi connectivity index (χ1v) is 5.61. The van der Waals surface area contributed by atoms with Crippen molar-refractivity contribution in [1.29, 1.82) is 0 Å². The van der Waals surface area contributed by atoms with Crippen molar-refractivity contribution in [3.05, 3.63) is 34.3 Å². The van der Waals surface area contributed by atoms with E-state index in [0.717, 1.165) is 23.0 Å². The Morgan fingerprint density at radius 2 is 2.07 bits per heavy atom. The van der Waals surface area contributed by atoms with Crippen LogP contribution in [0.5, 0.6) is 0 Å². The summed E-state index contributed by atoms with van der Waals surface area (Å²) in [6, 6.07) is 8.11. The molecular weight excluding hydrogens is 242 g/mol. The topological polar surface area (TPSA) is 32.3 Å². The van der Waals surface area contributed by atoms with Gasteiger partial charge in [0, 0.05) is 4.47 Å². The second-order valence-electron chi connectivity index (χ2n) is 3.94. The number of benzene rings is 1. The monoisotopic (exact) mass is 255 g/mol. The van der Waals surface area contributed by atoms with Gasteiger partial charge in [0.25, 0.3) is 0 Å². The molecule has 1 aromatic carbocycles. The zero-order valence-corrected chi connectivity index (χ0v) is 9.71. The first-order valence-electron chi connectivity index (χ1n) is 4.82. The van der Waals surface area contributed by atoms with E-state index in [9.17, 15) is 5.11 Å². The van der Waals surface area contributed by atoms with Gasteiger partial charge in [-0.1, -0.05) is 28.1 Å². The molecule has 0 radical (unpaired) electrons. The molecule has 3 heteroatoms. The lowest BCUT2D eigenvalue weighted by atomic mass is 9.88. The number of halogens is 1. The van der Waals surface area contributed by atoms with Crippen LogP contribution >= 0.6 is 15.9 Å². The van der Waals surface area contributed by atoms with Crippen molar-refractivity contribution in [3.63, 3.8) is 0 Å². The second kappa shape index (κ2) is 3.65. The van der Waals surface area contributed by atoms with E-state index in [4.69, 9.17) is 0 Å². The standard InChI is InChI=1S/C11H14BrNO/c1-11(10(14)6-7-13-11)8-2-4-9(12)5-3-8/h2-5,10,13-14H,6-7H2,1H3. The lowest BCUT2D eigenvalue weighted by molar-refractivity contribution is 0.107. The maximum atomic E-state index is 9.90. The van der Waals surface area contributed by atoms with Gasteiger partial charge in [-0.3, -0.25) is 0 Å². The van der Waals surface area contributed by atoms with Crippen LogP contribution in [0.4, 0.5) is 0 Å². The number of hydrogen-bond donors (Lipinski definition) is 2. The van der Waals surface area contributed by atoms with Crippen molar-refractivity contribution >= 4 is 15.9 Å². The number of aliphatic hydroxyl groups excluding tert-OH is 1. The second-order valence-corrected chi connectivity index (χ2v) is 4.86. The van der Waals surface area contributed by atoms with Crippen LogP contribution in [0.15, 0.2) is 28.7 Å². The van der Waals surface area contributed by atoms with Crippen molar-refractivity contribution in [3.8, 4) is 0 Å². The zero-order valence-electron chi connectivity index (χ0n) is 8.13. The summed E-state index contributed by atoms with van der Waals surface area (Å²) in [6.45, 7) is 2.93. The van der Waals surface area contributed by atoms with Crippen LogP contribution in [-0.2, 0) is 5.54 Å². The van der Waals surface area contributed by atoms with E-state index in [0.29, 0.717) is 0 Å². The van der Waals surface area contributed by atoms with Crippen LogP contribution in [-0.4, -0.2) is 17.8 Å². The summed E-state index contributed by atoms with van der Waals surface area (Å²) in [5.74, 6) is 0. The molecule has 76 valence electrons. The summed E-state index contributed by atoms with van der Waals surface area (Å²) in [6.07, 6.45) is 0.538. The predicted molar refractivity (Wildman–Crippen MR) is 60.1 cm³/mol. The molecule has 1 saturated heterocycles. The third-order valence-corrected chi connectivity index (χ3v) is 3.55. The molecule has 1 aromatic rings. The van der Waals surface area contributed by atoms with Gasteiger partial charge in [0.1, 0.15) is 0 Å². The van der Waals surface area contributed by atoms with Crippen molar-refractivity contribution < 1.29 is 5.11 Å². The van der Waals surface area contributed by atoms with E-state index in [1.54, 1.807) is 0 Å². The minimum Gasteiger partial charge on any atom is -0.391 e. The van der Waals surface area contributed by atoms with E-state index in [1.165, 1.54) is 0 Å². The molecular formula is C11H14BrNO. The van der Waals surface area contributed by atoms with Gasteiger partial charge < -0.3 is 10.4 Å². The van der Waals surface area contributed by atoms with E-state index in [-0.39, 0.29) is 11.6 Å². The molecule has 2 N–H and O–H groups in total. The highest BCUT2D eigenvalue weighted by Crippen LogP contribution is 2.31. The summed E-state index contributed by atoms with van der Waals surface area (Å²) in [5.41, 5.74) is 0.867. The molecule has 2 nitrogen and oxygen atoms in total. The average Bonchev–Trinajstić information content (AvgIpc) is 2.49. The molecule has 1 fully saturated rings. The van der Waals surface area contributed by atoms with Gasteiger partial charge in [-0.15, -0.1) is 0 Å². The van der Waals surface area contributed by atoms with Crippen molar-refractivity contribution in [2.75, 3.05) is 6.54 Å². The van der Waals surface area contributed by atoms with Crippen LogP contribution in [0.3, 0.4) is 0 Å². The van der Waals surface area contributed by atoms with Crippen molar-refractivity contribution in [2.45, 2.75) is 25.0 Å². The van der Waals surface area contributed by atoms with Crippen molar-refractivity contribution in [1.82, 2.24) is 5.32 Å². The molecule has 1 aliphatic rings. The van der Waals surface area contributed by atoms with Crippen LogP contribution in [0.25, 0.3) is 0 Å². The smallest absolute Gasteiger partial charge is 0.0772 e. The Balaban J connectivity index is 2.34. The van der Waals surface area contributed by atoms with Crippen LogP contribution in [0.2, 0.25) is 0 Å². The van der Waals surface area contributed by atoms with E-state index < -0.39 is 0 Å². The van der Waals surface area contributed by atoms with E-state index in [1.807, 2.05) is 31.2 Å². The van der Waals surface area contributed by atoms with Gasteiger partial charge in [0.15, 0.2) is 0 Å². The minimum absolute atomic E-state index is 0.277. The molecule has 1 heterocycles. The Morgan fingerprint density at radius 3 is 2.57 bits per heavy atom. The highest BCUT2D eigenvalue weighted by atomic mass is 79.9. The molecule has 0 bridgehead atoms. The Kier molecular flexibility index (Phi) is 2.64. The minimum atomic E-state index is -0.288. The Hall–Kier alpha value is -0.380. The SMILES string of the molecule is CC1(c2ccc(Br)cc2)NCCC1O. The summed E-state index contributed by atoms with van der Waals surface area (Å²) in [5, 5.41) is 13.2.